The smallest absolute Gasteiger partial charge is 0.244 e. The van der Waals surface area contributed by atoms with Crippen molar-refractivity contribution in [3.63, 3.8) is 0 Å². The Morgan fingerprint density at radius 1 is 1.53 bits per heavy atom. The van der Waals surface area contributed by atoms with E-state index < -0.39 is 16.1 Å². The number of nitrogens with two attached hydrogens (primary N) is 1. The van der Waals surface area contributed by atoms with Crippen LogP contribution >= 0.6 is 0 Å². The van der Waals surface area contributed by atoms with Gasteiger partial charge in [-0.3, -0.25) is 5.10 Å². The molecule has 9 heteroatoms. The van der Waals surface area contributed by atoms with Gasteiger partial charge < -0.3 is 10.7 Å². The maximum absolute atomic E-state index is 12.3. The molecule has 0 aliphatic carbocycles. The topological polar surface area (TPSA) is 130 Å². The van der Waals surface area contributed by atoms with Crippen LogP contribution < -0.4 is 10.5 Å². The van der Waals surface area contributed by atoms with Gasteiger partial charge in [-0.05, 0) is 13.8 Å². The van der Waals surface area contributed by atoms with E-state index in [9.17, 15) is 8.42 Å². The van der Waals surface area contributed by atoms with E-state index in [-0.39, 0.29) is 11.4 Å². The summed E-state index contributed by atoms with van der Waals surface area (Å²) in [5.74, 6) is 0.541. The van der Waals surface area contributed by atoms with Gasteiger partial charge in [0.1, 0.15) is 10.7 Å². The summed E-state index contributed by atoms with van der Waals surface area (Å²) in [4.78, 5) is 6.98. The van der Waals surface area contributed by atoms with Gasteiger partial charge in [0.15, 0.2) is 0 Å². The molecule has 19 heavy (non-hydrogen) atoms. The number of rotatable bonds is 5. The molecule has 0 aromatic carbocycles. The summed E-state index contributed by atoms with van der Waals surface area (Å²) in [6.07, 6.45) is 3.20. The van der Waals surface area contributed by atoms with Gasteiger partial charge in [0.2, 0.25) is 10.0 Å². The predicted octanol–water partition coefficient (Wildman–Crippen LogP) is -0.0606. The first-order valence-electron chi connectivity index (χ1n) is 5.71. The molecular weight excluding hydrogens is 268 g/mol. The van der Waals surface area contributed by atoms with Crippen LogP contribution in [0.25, 0.3) is 0 Å². The number of nitrogens with one attached hydrogen (secondary N) is 3. The standard InChI is InChI=1S/C10H16N6O2S/c1-6-9(8(5-11)15-14-6)19(17,18)16-7(2)10-12-3-4-13-10/h3-4,7,16H,5,11H2,1-2H3,(H,12,13)(H,14,15). The Bertz CT molecular complexity index is 646. The van der Waals surface area contributed by atoms with Gasteiger partial charge in [-0.25, -0.2) is 18.1 Å². The summed E-state index contributed by atoms with van der Waals surface area (Å²) in [6.45, 7) is 3.39. The highest BCUT2D eigenvalue weighted by atomic mass is 32.2. The van der Waals surface area contributed by atoms with Crippen molar-refractivity contribution in [2.75, 3.05) is 0 Å². The molecule has 5 N–H and O–H groups in total. The van der Waals surface area contributed by atoms with Gasteiger partial charge in [-0.15, -0.1) is 0 Å². The van der Waals surface area contributed by atoms with E-state index >= 15 is 0 Å². The number of aromatic nitrogens is 4. The maximum Gasteiger partial charge on any atom is 0.244 e. The van der Waals surface area contributed by atoms with Crippen molar-refractivity contribution in [3.8, 4) is 0 Å². The second kappa shape index (κ2) is 5.11. The third-order valence-electron chi connectivity index (χ3n) is 2.68. The average molecular weight is 284 g/mol. The molecule has 0 aliphatic heterocycles. The molecular formula is C10H16N6O2S. The first-order valence-corrected chi connectivity index (χ1v) is 7.19. The van der Waals surface area contributed by atoms with Crippen molar-refractivity contribution in [3.05, 3.63) is 29.6 Å². The van der Waals surface area contributed by atoms with Crippen molar-refractivity contribution in [2.24, 2.45) is 5.73 Å². The Hall–Kier alpha value is -1.71. The average Bonchev–Trinajstić information content (AvgIpc) is 2.96. The molecule has 2 aromatic rings. The Kier molecular flexibility index (Phi) is 3.69. The van der Waals surface area contributed by atoms with Crippen LogP contribution in [0, 0.1) is 6.92 Å². The number of sulfonamides is 1. The monoisotopic (exact) mass is 284 g/mol. The van der Waals surface area contributed by atoms with Gasteiger partial charge in [-0.2, -0.15) is 5.10 Å². The van der Waals surface area contributed by atoms with Gasteiger partial charge in [-0.1, -0.05) is 0 Å². The fourth-order valence-corrected chi connectivity index (χ4v) is 3.41. The van der Waals surface area contributed by atoms with Crippen LogP contribution in [0.15, 0.2) is 17.3 Å². The van der Waals surface area contributed by atoms with E-state index in [0.717, 1.165) is 0 Å². The molecule has 0 aliphatic rings. The zero-order valence-corrected chi connectivity index (χ0v) is 11.5. The summed E-state index contributed by atoms with van der Waals surface area (Å²) in [6, 6.07) is -0.472. The lowest BCUT2D eigenvalue weighted by molar-refractivity contribution is 0.559. The van der Waals surface area contributed by atoms with E-state index in [1.165, 1.54) is 0 Å². The van der Waals surface area contributed by atoms with E-state index in [1.54, 1.807) is 26.2 Å². The number of hydrogen-bond acceptors (Lipinski definition) is 5. The first-order chi connectivity index (χ1) is 8.95. The van der Waals surface area contributed by atoms with Crippen LogP contribution in [0.5, 0.6) is 0 Å². The number of aryl methyl sites for hydroxylation is 1. The lowest BCUT2D eigenvalue weighted by atomic mass is 10.3. The molecule has 104 valence electrons. The maximum atomic E-state index is 12.3. The van der Waals surface area contributed by atoms with Crippen LogP contribution in [0.3, 0.4) is 0 Å². The molecule has 2 heterocycles. The van der Waals surface area contributed by atoms with E-state index in [4.69, 9.17) is 5.73 Å². The number of imidazole rings is 1. The molecule has 0 spiro atoms. The van der Waals surface area contributed by atoms with Crippen LogP contribution in [-0.4, -0.2) is 28.6 Å². The zero-order chi connectivity index (χ0) is 14.0. The quantitative estimate of drug-likeness (QED) is 0.611. The van der Waals surface area contributed by atoms with Crippen molar-refractivity contribution in [1.29, 1.82) is 0 Å². The number of hydrogen-bond donors (Lipinski definition) is 4. The van der Waals surface area contributed by atoms with E-state index in [1.807, 2.05) is 0 Å². The molecule has 8 nitrogen and oxygen atoms in total. The summed E-state index contributed by atoms with van der Waals surface area (Å²) in [7, 11) is -3.70. The molecule has 0 amide bonds. The number of aromatic amines is 2. The minimum Gasteiger partial charge on any atom is -0.347 e. The predicted molar refractivity (Wildman–Crippen MR) is 68.5 cm³/mol. The molecule has 0 bridgehead atoms. The third-order valence-corrected chi connectivity index (χ3v) is 4.43. The van der Waals surface area contributed by atoms with Gasteiger partial charge in [0.05, 0.1) is 17.4 Å². The minimum atomic E-state index is -3.70. The van der Waals surface area contributed by atoms with Crippen molar-refractivity contribution >= 4 is 10.0 Å². The molecule has 2 aromatic heterocycles. The molecule has 0 saturated heterocycles. The molecule has 1 atom stereocenters. The molecule has 1 unspecified atom stereocenters. The highest BCUT2D eigenvalue weighted by Crippen LogP contribution is 2.19. The molecule has 2 rings (SSSR count). The van der Waals surface area contributed by atoms with Crippen molar-refractivity contribution in [1.82, 2.24) is 24.9 Å². The van der Waals surface area contributed by atoms with E-state index in [0.29, 0.717) is 17.2 Å². The molecule has 0 saturated carbocycles. The summed E-state index contributed by atoms with van der Waals surface area (Å²) >= 11 is 0. The van der Waals surface area contributed by atoms with Crippen molar-refractivity contribution in [2.45, 2.75) is 31.3 Å². The SMILES string of the molecule is Cc1[nH]nc(CN)c1S(=O)(=O)NC(C)c1ncc[nH]1. The van der Waals surface area contributed by atoms with Gasteiger partial charge in [0.25, 0.3) is 0 Å². The van der Waals surface area contributed by atoms with Crippen LogP contribution in [0.1, 0.15) is 30.2 Å². The number of H-pyrrole nitrogens is 2. The van der Waals surface area contributed by atoms with E-state index in [2.05, 4.69) is 24.9 Å². The second-order valence-electron chi connectivity index (χ2n) is 4.15. The lowest BCUT2D eigenvalue weighted by Gasteiger charge is -2.12. The Morgan fingerprint density at radius 2 is 2.26 bits per heavy atom. The van der Waals surface area contributed by atoms with Crippen LogP contribution in [0.4, 0.5) is 0 Å². The fraction of sp³-hybridized carbons (Fsp3) is 0.400. The summed E-state index contributed by atoms with van der Waals surface area (Å²) in [5.41, 5.74) is 6.27. The lowest BCUT2D eigenvalue weighted by Crippen LogP contribution is -2.28. The molecule has 0 fully saturated rings. The Labute approximate surface area is 110 Å². The second-order valence-corrected chi connectivity index (χ2v) is 5.80. The fourth-order valence-electron chi connectivity index (χ4n) is 1.83. The zero-order valence-electron chi connectivity index (χ0n) is 10.6. The van der Waals surface area contributed by atoms with Crippen LogP contribution in [-0.2, 0) is 16.6 Å². The summed E-state index contributed by atoms with van der Waals surface area (Å²) < 4.78 is 27.2. The Morgan fingerprint density at radius 3 is 2.84 bits per heavy atom. The van der Waals surface area contributed by atoms with Crippen molar-refractivity contribution < 1.29 is 8.42 Å². The highest BCUT2D eigenvalue weighted by molar-refractivity contribution is 7.89. The minimum absolute atomic E-state index is 0.0513. The number of nitrogens with zero attached hydrogens (tertiary/aromatic N) is 2. The van der Waals surface area contributed by atoms with Gasteiger partial charge >= 0.3 is 0 Å². The largest absolute Gasteiger partial charge is 0.347 e. The summed E-state index contributed by atoms with van der Waals surface area (Å²) in [5, 5.41) is 6.51. The Balaban J connectivity index is 2.30. The normalized spacial score (nSPS) is 13.6. The van der Waals surface area contributed by atoms with Crippen LogP contribution in [0.2, 0.25) is 0 Å². The van der Waals surface area contributed by atoms with Gasteiger partial charge in [0, 0.05) is 18.9 Å². The first kappa shape index (κ1) is 13.7. The highest BCUT2D eigenvalue weighted by Gasteiger charge is 2.26. The third kappa shape index (κ3) is 2.67. The molecule has 0 radical (unpaired) electrons.